The van der Waals surface area contributed by atoms with Crippen molar-refractivity contribution in [3.63, 3.8) is 0 Å². The maximum Gasteiger partial charge on any atom is 0.417 e. The highest BCUT2D eigenvalue weighted by Gasteiger charge is 2.30. The average Bonchev–Trinajstić information content (AvgIpc) is 2.67. The molecule has 2 aromatic carbocycles. The van der Waals surface area contributed by atoms with Crippen molar-refractivity contribution < 1.29 is 33.2 Å². The molecule has 2 atom stereocenters. The van der Waals surface area contributed by atoms with Gasteiger partial charge in [0.05, 0.1) is 5.56 Å². The van der Waals surface area contributed by atoms with Gasteiger partial charge < -0.3 is 20.1 Å². The standard InChI is InChI=1S/C20H16F3NO4/c21-20(22,23)14-7-8-17(24-11-14)28-16-6-2-4-13(10-16)19(27)18(26)12-3-1-5-15(25)9-12/h1-11,18-19,25-27H. The first-order valence-electron chi connectivity index (χ1n) is 8.20. The Balaban J connectivity index is 1.76. The molecule has 8 heteroatoms. The second-order valence-electron chi connectivity index (χ2n) is 6.04. The fourth-order valence-corrected chi connectivity index (χ4v) is 2.56. The molecule has 0 spiro atoms. The van der Waals surface area contributed by atoms with E-state index in [0.717, 1.165) is 12.1 Å². The normalized spacial score (nSPS) is 13.8. The number of hydrogen-bond donors (Lipinski definition) is 3. The Morgan fingerprint density at radius 2 is 1.50 bits per heavy atom. The van der Waals surface area contributed by atoms with Gasteiger partial charge in [0.15, 0.2) is 0 Å². The number of alkyl halides is 3. The number of phenols is 1. The van der Waals surface area contributed by atoms with Crippen LogP contribution in [-0.4, -0.2) is 20.3 Å². The summed E-state index contributed by atoms with van der Waals surface area (Å²) in [7, 11) is 0. The van der Waals surface area contributed by atoms with Crippen LogP contribution in [0.5, 0.6) is 17.4 Å². The van der Waals surface area contributed by atoms with Crippen molar-refractivity contribution in [1.82, 2.24) is 4.98 Å². The predicted molar refractivity (Wildman–Crippen MR) is 93.8 cm³/mol. The molecular weight excluding hydrogens is 375 g/mol. The van der Waals surface area contributed by atoms with Crippen molar-refractivity contribution >= 4 is 0 Å². The number of aliphatic hydroxyl groups excluding tert-OH is 2. The summed E-state index contributed by atoms with van der Waals surface area (Å²) in [5.41, 5.74) is -0.248. The number of rotatable bonds is 5. The quantitative estimate of drug-likeness (QED) is 0.602. The molecule has 0 radical (unpaired) electrons. The van der Waals surface area contributed by atoms with Gasteiger partial charge in [-0.2, -0.15) is 13.2 Å². The SMILES string of the molecule is Oc1cccc(C(O)C(O)c2cccc(Oc3ccc(C(F)(F)F)cn3)c2)c1. The van der Waals surface area contributed by atoms with Gasteiger partial charge in [-0.15, -0.1) is 0 Å². The lowest BCUT2D eigenvalue weighted by Crippen LogP contribution is -2.10. The number of hydrogen-bond acceptors (Lipinski definition) is 5. The summed E-state index contributed by atoms with van der Waals surface area (Å²) in [6.45, 7) is 0. The van der Waals surface area contributed by atoms with Crippen LogP contribution in [0.15, 0.2) is 66.9 Å². The van der Waals surface area contributed by atoms with Crippen molar-refractivity contribution in [3.05, 3.63) is 83.6 Å². The van der Waals surface area contributed by atoms with Gasteiger partial charge in [-0.3, -0.25) is 0 Å². The molecule has 3 aromatic rings. The van der Waals surface area contributed by atoms with Crippen LogP contribution in [-0.2, 0) is 6.18 Å². The number of halogens is 3. The van der Waals surface area contributed by atoms with Crippen LogP contribution < -0.4 is 4.74 Å². The zero-order chi connectivity index (χ0) is 20.3. The van der Waals surface area contributed by atoms with Crippen molar-refractivity contribution in [2.45, 2.75) is 18.4 Å². The Labute approximate surface area is 158 Å². The van der Waals surface area contributed by atoms with Gasteiger partial charge in [-0.05, 0) is 41.5 Å². The van der Waals surface area contributed by atoms with Crippen molar-refractivity contribution in [2.24, 2.45) is 0 Å². The number of aromatic hydroxyl groups is 1. The first kappa shape index (κ1) is 19.7. The molecule has 0 aliphatic heterocycles. The van der Waals surface area contributed by atoms with Crippen LogP contribution in [0.1, 0.15) is 28.9 Å². The Hall–Kier alpha value is -3.10. The Morgan fingerprint density at radius 1 is 0.857 bits per heavy atom. The highest BCUT2D eigenvalue weighted by atomic mass is 19.4. The van der Waals surface area contributed by atoms with E-state index in [9.17, 15) is 28.5 Å². The minimum Gasteiger partial charge on any atom is -0.508 e. The summed E-state index contributed by atoms with van der Waals surface area (Å²) < 4.78 is 43.2. The van der Waals surface area contributed by atoms with E-state index < -0.39 is 23.9 Å². The smallest absolute Gasteiger partial charge is 0.417 e. The fraction of sp³-hybridized carbons (Fsp3) is 0.150. The molecule has 0 saturated heterocycles. The summed E-state index contributed by atoms with van der Waals surface area (Å²) in [5, 5.41) is 30.3. The molecule has 2 unspecified atom stereocenters. The first-order valence-corrected chi connectivity index (χ1v) is 8.20. The number of aromatic nitrogens is 1. The first-order chi connectivity index (χ1) is 13.2. The molecular formula is C20H16F3NO4. The summed E-state index contributed by atoms with van der Waals surface area (Å²) in [4.78, 5) is 3.63. The van der Waals surface area contributed by atoms with Crippen LogP contribution >= 0.6 is 0 Å². The highest BCUT2D eigenvalue weighted by Crippen LogP contribution is 2.33. The maximum absolute atomic E-state index is 12.6. The van der Waals surface area contributed by atoms with Crippen molar-refractivity contribution in [1.29, 1.82) is 0 Å². The summed E-state index contributed by atoms with van der Waals surface area (Å²) >= 11 is 0. The number of benzene rings is 2. The van der Waals surface area contributed by atoms with Gasteiger partial charge >= 0.3 is 6.18 Å². The van der Waals surface area contributed by atoms with E-state index in [2.05, 4.69) is 4.98 Å². The molecule has 0 aliphatic rings. The Bertz CT molecular complexity index is 945. The fourth-order valence-electron chi connectivity index (χ4n) is 2.56. The number of pyridine rings is 1. The zero-order valence-electron chi connectivity index (χ0n) is 14.3. The molecule has 28 heavy (non-hydrogen) atoms. The van der Waals surface area contributed by atoms with E-state index in [1.54, 1.807) is 18.2 Å². The molecule has 0 fully saturated rings. The molecule has 3 rings (SSSR count). The molecule has 0 saturated carbocycles. The Kier molecular flexibility index (Phi) is 5.53. The van der Waals surface area contributed by atoms with E-state index in [0.29, 0.717) is 17.3 Å². The van der Waals surface area contributed by atoms with Gasteiger partial charge in [-0.25, -0.2) is 4.98 Å². The average molecular weight is 391 g/mol. The minimum atomic E-state index is -4.49. The van der Waals surface area contributed by atoms with Crippen molar-refractivity contribution in [2.75, 3.05) is 0 Å². The van der Waals surface area contributed by atoms with E-state index in [1.165, 1.54) is 30.3 Å². The van der Waals surface area contributed by atoms with E-state index in [4.69, 9.17) is 4.74 Å². The number of ether oxygens (including phenoxy) is 1. The second-order valence-corrected chi connectivity index (χ2v) is 6.04. The summed E-state index contributed by atoms with van der Waals surface area (Å²) in [5.74, 6) is 0.134. The van der Waals surface area contributed by atoms with E-state index >= 15 is 0 Å². The van der Waals surface area contributed by atoms with Crippen LogP contribution in [0.25, 0.3) is 0 Å². The molecule has 0 amide bonds. The van der Waals surface area contributed by atoms with Crippen LogP contribution in [0, 0.1) is 0 Å². The molecule has 0 bridgehead atoms. The monoisotopic (exact) mass is 391 g/mol. The molecule has 0 aliphatic carbocycles. The predicted octanol–water partition coefficient (Wildman–Crippen LogP) is 4.37. The lowest BCUT2D eigenvalue weighted by atomic mass is 9.98. The third-order valence-corrected chi connectivity index (χ3v) is 4.00. The Morgan fingerprint density at radius 3 is 2.07 bits per heavy atom. The zero-order valence-corrected chi connectivity index (χ0v) is 14.3. The highest BCUT2D eigenvalue weighted by molar-refractivity contribution is 5.36. The van der Waals surface area contributed by atoms with Gasteiger partial charge in [-0.1, -0.05) is 24.3 Å². The largest absolute Gasteiger partial charge is 0.508 e. The second kappa shape index (κ2) is 7.87. The van der Waals surface area contributed by atoms with Gasteiger partial charge in [0.2, 0.25) is 5.88 Å². The number of nitrogens with zero attached hydrogens (tertiary/aromatic N) is 1. The van der Waals surface area contributed by atoms with Crippen molar-refractivity contribution in [3.8, 4) is 17.4 Å². The minimum absolute atomic E-state index is 0.0470. The summed E-state index contributed by atoms with van der Waals surface area (Å²) in [6.07, 6.45) is -6.44. The van der Waals surface area contributed by atoms with E-state index in [-0.39, 0.29) is 17.4 Å². The molecule has 146 valence electrons. The number of phenolic OH excluding ortho intramolecular Hbond substituents is 1. The molecule has 1 aromatic heterocycles. The van der Waals surface area contributed by atoms with Crippen LogP contribution in [0.4, 0.5) is 13.2 Å². The molecule has 1 heterocycles. The molecule has 5 nitrogen and oxygen atoms in total. The molecule has 3 N–H and O–H groups in total. The van der Waals surface area contributed by atoms with Gasteiger partial charge in [0, 0.05) is 12.3 Å². The lowest BCUT2D eigenvalue weighted by molar-refractivity contribution is -0.137. The third kappa shape index (κ3) is 4.59. The maximum atomic E-state index is 12.6. The summed E-state index contributed by atoms with van der Waals surface area (Å²) in [6, 6.07) is 13.9. The topological polar surface area (TPSA) is 82.8 Å². The number of aliphatic hydroxyl groups is 2. The third-order valence-electron chi connectivity index (χ3n) is 4.00. The van der Waals surface area contributed by atoms with Crippen LogP contribution in [0.3, 0.4) is 0 Å². The van der Waals surface area contributed by atoms with Gasteiger partial charge in [0.25, 0.3) is 0 Å². The van der Waals surface area contributed by atoms with Crippen LogP contribution in [0.2, 0.25) is 0 Å². The lowest BCUT2D eigenvalue weighted by Gasteiger charge is -2.19. The van der Waals surface area contributed by atoms with Gasteiger partial charge in [0.1, 0.15) is 23.7 Å². The van der Waals surface area contributed by atoms with E-state index in [1.807, 2.05) is 0 Å².